The van der Waals surface area contributed by atoms with Gasteiger partial charge < -0.3 is 4.57 Å². The molecule has 6 heteroatoms. The Morgan fingerprint density at radius 1 is 1.13 bits per heavy atom. The Labute approximate surface area is 96.9 Å². The summed E-state index contributed by atoms with van der Waals surface area (Å²) in [5, 5.41) is 0.202. The molecule has 0 aliphatic carbocycles. The van der Waals surface area contributed by atoms with Crippen LogP contribution in [0.2, 0.25) is 10.6 Å². The number of aryl methyl sites for hydroxylation is 2. The number of nitrogens with zero attached hydrogens (tertiary/aromatic N) is 4. The number of aromatic nitrogens is 4. The number of rotatable bonds is 1. The smallest absolute Gasteiger partial charge is 0.227 e. The molecule has 0 unspecified atom stereocenters. The van der Waals surface area contributed by atoms with Gasteiger partial charge in [0.1, 0.15) is 0 Å². The van der Waals surface area contributed by atoms with Gasteiger partial charge in [-0.3, -0.25) is 0 Å². The molecule has 2 rings (SSSR count). The van der Waals surface area contributed by atoms with Gasteiger partial charge in [-0.2, -0.15) is 15.0 Å². The van der Waals surface area contributed by atoms with E-state index >= 15 is 0 Å². The van der Waals surface area contributed by atoms with Crippen molar-refractivity contribution in [1.29, 1.82) is 0 Å². The maximum atomic E-state index is 5.70. The van der Waals surface area contributed by atoms with Gasteiger partial charge in [0.25, 0.3) is 0 Å². The molecule has 4 nitrogen and oxygen atoms in total. The van der Waals surface area contributed by atoms with Gasteiger partial charge in [0.05, 0.1) is 5.69 Å². The second-order valence-corrected chi connectivity index (χ2v) is 3.89. The Bertz CT molecular complexity index is 487. The third-order valence-electron chi connectivity index (χ3n) is 1.95. The quantitative estimate of drug-likeness (QED) is 0.772. The highest BCUT2D eigenvalue weighted by Crippen LogP contribution is 2.19. The third kappa shape index (κ3) is 2.11. The summed E-state index contributed by atoms with van der Waals surface area (Å²) in [6, 6.07) is 1.96. The predicted molar refractivity (Wildman–Crippen MR) is 59.0 cm³/mol. The lowest BCUT2D eigenvalue weighted by molar-refractivity contribution is 0.911. The highest BCUT2D eigenvalue weighted by molar-refractivity contribution is 6.31. The maximum Gasteiger partial charge on any atom is 0.227 e. The van der Waals surface area contributed by atoms with Gasteiger partial charge in [-0.05, 0) is 41.8 Å². The molecule has 2 aromatic rings. The standard InChI is InChI=1S/C9H8Cl2N4/c1-5-3-6(15(2)4-5)7-12-8(10)14-9(11)13-7/h3-4H,1-2H3. The normalized spacial score (nSPS) is 10.7. The first kappa shape index (κ1) is 10.4. The molecule has 0 amide bonds. The molecule has 78 valence electrons. The highest BCUT2D eigenvalue weighted by Gasteiger charge is 2.09. The molecule has 0 N–H and O–H groups in total. The molecule has 0 bridgehead atoms. The highest BCUT2D eigenvalue weighted by atomic mass is 35.5. The minimum atomic E-state index is 0.101. The van der Waals surface area contributed by atoms with Crippen LogP contribution in [0, 0.1) is 6.92 Å². The Kier molecular flexibility index (Phi) is 2.63. The van der Waals surface area contributed by atoms with Crippen LogP contribution >= 0.6 is 23.2 Å². The topological polar surface area (TPSA) is 43.6 Å². The van der Waals surface area contributed by atoms with Crippen LogP contribution in [0.5, 0.6) is 0 Å². The Balaban J connectivity index is 2.58. The molecule has 2 aromatic heterocycles. The van der Waals surface area contributed by atoms with Crippen LogP contribution in [-0.4, -0.2) is 19.5 Å². The van der Waals surface area contributed by atoms with E-state index in [9.17, 15) is 0 Å². The summed E-state index contributed by atoms with van der Waals surface area (Å²) in [5.74, 6) is 0.482. The molecule has 15 heavy (non-hydrogen) atoms. The van der Waals surface area contributed by atoms with Crippen molar-refractivity contribution in [3.63, 3.8) is 0 Å². The minimum Gasteiger partial charge on any atom is -0.348 e. The van der Waals surface area contributed by atoms with Crippen molar-refractivity contribution in [2.45, 2.75) is 6.92 Å². The summed E-state index contributed by atoms with van der Waals surface area (Å²) in [6.45, 7) is 1.99. The molecule has 0 fully saturated rings. The van der Waals surface area contributed by atoms with E-state index in [-0.39, 0.29) is 10.6 Å². The van der Waals surface area contributed by atoms with E-state index in [1.165, 1.54) is 0 Å². The Morgan fingerprint density at radius 3 is 2.20 bits per heavy atom. The van der Waals surface area contributed by atoms with E-state index in [0.717, 1.165) is 11.3 Å². The zero-order valence-electron chi connectivity index (χ0n) is 8.20. The fraction of sp³-hybridized carbons (Fsp3) is 0.222. The van der Waals surface area contributed by atoms with Crippen molar-refractivity contribution >= 4 is 23.2 Å². The summed E-state index contributed by atoms with van der Waals surface area (Å²) in [6.07, 6.45) is 1.97. The molecule has 0 saturated carbocycles. The number of hydrogen-bond donors (Lipinski definition) is 0. The van der Waals surface area contributed by atoms with Crippen molar-refractivity contribution in [3.05, 3.63) is 28.4 Å². The van der Waals surface area contributed by atoms with Gasteiger partial charge in [-0.25, -0.2) is 0 Å². The summed E-state index contributed by atoms with van der Waals surface area (Å²) >= 11 is 11.4. The van der Waals surface area contributed by atoms with Crippen LogP contribution in [-0.2, 0) is 7.05 Å². The zero-order chi connectivity index (χ0) is 11.0. The first-order valence-electron chi connectivity index (χ1n) is 4.26. The van der Waals surface area contributed by atoms with Crippen LogP contribution in [0.15, 0.2) is 12.3 Å². The van der Waals surface area contributed by atoms with Crippen molar-refractivity contribution in [3.8, 4) is 11.5 Å². The maximum absolute atomic E-state index is 5.70. The zero-order valence-corrected chi connectivity index (χ0v) is 9.71. The van der Waals surface area contributed by atoms with Gasteiger partial charge in [0.2, 0.25) is 10.6 Å². The van der Waals surface area contributed by atoms with E-state index in [1.54, 1.807) is 0 Å². The SMILES string of the molecule is Cc1cc(-c2nc(Cl)nc(Cl)n2)n(C)c1. The minimum absolute atomic E-state index is 0.101. The average Bonchev–Trinajstić information content (AvgIpc) is 2.43. The average molecular weight is 243 g/mol. The molecule has 0 radical (unpaired) electrons. The molecule has 0 aromatic carbocycles. The van der Waals surface area contributed by atoms with E-state index in [0.29, 0.717) is 5.82 Å². The molecule has 0 spiro atoms. The Morgan fingerprint density at radius 2 is 1.73 bits per heavy atom. The molecule has 0 atom stereocenters. The lowest BCUT2D eigenvalue weighted by atomic mass is 10.3. The third-order valence-corrected chi connectivity index (χ3v) is 2.29. The van der Waals surface area contributed by atoms with Crippen molar-refractivity contribution in [2.24, 2.45) is 7.05 Å². The van der Waals surface area contributed by atoms with Crippen LogP contribution in [0.4, 0.5) is 0 Å². The second-order valence-electron chi connectivity index (χ2n) is 3.21. The predicted octanol–water partition coefficient (Wildman–Crippen LogP) is 2.49. The molecular weight excluding hydrogens is 235 g/mol. The van der Waals surface area contributed by atoms with Crippen LogP contribution in [0.1, 0.15) is 5.56 Å². The van der Waals surface area contributed by atoms with Gasteiger partial charge in [0.15, 0.2) is 5.82 Å². The van der Waals surface area contributed by atoms with Gasteiger partial charge in [0, 0.05) is 13.2 Å². The van der Waals surface area contributed by atoms with Gasteiger partial charge in [-0.1, -0.05) is 0 Å². The number of hydrogen-bond acceptors (Lipinski definition) is 3. The van der Waals surface area contributed by atoms with Crippen LogP contribution < -0.4 is 0 Å². The van der Waals surface area contributed by atoms with E-state index in [2.05, 4.69) is 15.0 Å². The number of halogens is 2. The van der Waals surface area contributed by atoms with E-state index in [1.807, 2.05) is 30.8 Å². The fourth-order valence-electron chi connectivity index (χ4n) is 1.39. The molecule has 0 aliphatic heterocycles. The molecule has 0 aliphatic rings. The van der Waals surface area contributed by atoms with Gasteiger partial charge >= 0.3 is 0 Å². The summed E-state index contributed by atoms with van der Waals surface area (Å²) in [4.78, 5) is 11.7. The summed E-state index contributed by atoms with van der Waals surface area (Å²) in [7, 11) is 1.91. The second kappa shape index (κ2) is 3.79. The lowest BCUT2D eigenvalue weighted by Crippen LogP contribution is -1.97. The monoisotopic (exact) mass is 242 g/mol. The largest absolute Gasteiger partial charge is 0.348 e. The van der Waals surface area contributed by atoms with Crippen molar-refractivity contribution < 1.29 is 0 Å². The Hall–Kier alpha value is -1.13. The molecule has 0 saturated heterocycles. The van der Waals surface area contributed by atoms with Crippen LogP contribution in [0.25, 0.3) is 11.5 Å². The van der Waals surface area contributed by atoms with Crippen molar-refractivity contribution in [2.75, 3.05) is 0 Å². The summed E-state index contributed by atoms with van der Waals surface area (Å²) < 4.78 is 1.91. The molecular formula is C9H8Cl2N4. The lowest BCUT2D eigenvalue weighted by Gasteiger charge is -2.01. The van der Waals surface area contributed by atoms with Crippen molar-refractivity contribution in [1.82, 2.24) is 19.5 Å². The van der Waals surface area contributed by atoms with Crippen LogP contribution in [0.3, 0.4) is 0 Å². The first-order valence-corrected chi connectivity index (χ1v) is 5.02. The van der Waals surface area contributed by atoms with E-state index < -0.39 is 0 Å². The van der Waals surface area contributed by atoms with E-state index in [4.69, 9.17) is 23.2 Å². The van der Waals surface area contributed by atoms with Gasteiger partial charge in [-0.15, -0.1) is 0 Å². The summed E-state index contributed by atoms with van der Waals surface area (Å²) in [5.41, 5.74) is 1.99. The first-order chi connectivity index (χ1) is 7.06. The molecule has 2 heterocycles. The fourth-order valence-corrected chi connectivity index (χ4v) is 1.76.